The normalized spacial score (nSPS) is 15.6. The van der Waals surface area contributed by atoms with Crippen molar-refractivity contribution in [1.29, 1.82) is 0 Å². The third-order valence-electron chi connectivity index (χ3n) is 5.33. The molecule has 1 atom stereocenters. The van der Waals surface area contributed by atoms with Gasteiger partial charge in [0.05, 0.1) is 26.0 Å². The average molecular weight is 424 g/mol. The lowest BCUT2D eigenvalue weighted by molar-refractivity contribution is -0.142. The number of carbonyl (C=O) groups excluding carboxylic acids is 2. The third-order valence-corrected chi connectivity index (χ3v) is 5.33. The van der Waals surface area contributed by atoms with E-state index in [0.717, 1.165) is 28.3 Å². The predicted octanol–water partition coefficient (Wildman–Crippen LogP) is 3.50. The summed E-state index contributed by atoms with van der Waals surface area (Å²) < 4.78 is 10.5. The fourth-order valence-corrected chi connectivity index (χ4v) is 3.58. The molecular formula is C24H29N3O4. The SMILES string of the molecule is COc1ccc(C2=NN(C(=O)CN(C)C(=O)C(C)C)[C@@H](c3ccc(OC)cc3)C2)cc1. The van der Waals surface area contributed by atoms with Crippen LogP contribution in [-0.4, -0.2) is 55.2 Å². The van der Waals surface area contributed by atoms with Gasteiger partial charge < -0.3 is 14.4 Å². The Morgan fingerprint density at radius 3 is 2.10 bits per heavy atom. The van der Waals surface area contributed by atoms with E-state index in [1.807, 2.05) is 62.4 Å². The molecule has 0 bridgehead atoms. The second kappa shape index (κ2) is 9.64. The molecule has 31 heavy (non-hydrogen) atoms. The highest BCUT2D eigenvalue weighted by Gasteiger charge is 2.34. The molecule has 0 fully saturated rings. The minimum Gasteiger partial charge on any atom is -0.497 e. The summed E-state index contributed by atoms with van der Waals surface area (Å²) in [4.78, 5) is 26.9. The van der Waals surface area contributed by atoms with E-state index in [2.05, 4.69) is 5.10 Å². The number of amides is 2. The van der Waals surface area contributed by atoms with Gasteiger partial charge in [0.25, 0.3) is 5.91 Å². The molecule has 2 amide bonds. The van der Waals surface area contributed by atoms with Gasteiger partial charge in [0.1, 0.15) is 18.0 Å². The number of methoxy groups -OCH3 is 2. The van der Waals surface area contributed by atoms with Gasteiger partial charge in [-0.1, -0.05) is 26.0 Å². The lowest BCUT2D eigenvalue weighted by Gasteiger charge is -2.25. The summed E-state index contributed by atoms with van der Waals surface area (Å²) in [6.07, 6.45) is 0.576. The molecule has 7 heteroatoms. The zero-order valence-corrected chi connectivity index (χ0v) is 18.7. The van der Waals surface area contributed by atoms with E-state index >= 15 is 0 Å². The maximum Gasteiger partial charge on any atom is 0.262 e. The number of likely N-dealkylation sites (N-methyl/N-ethyl adjacent to an activating group) is 1. The van der Waals surface area contributed by atoms with Crippen molar-refractivity contribution in [3.8, 4) is 11.5 Å². The van der Waals surface area contributed by atoms with Crippen molar-refractivity contribution in [3.63, 3.8) is 0 Å². The Morgan fingerprint density at radius 2 is 1.58 bits per heavy atom. The van der Waals surface area contributed by atoms with Crippen molar-refractivity contribution in [3.05, 3.63) is 59.7 Å². The minimum absolute atomic E-state index is 0.0247. The van der Waals surface area contributed by atoms with E-state index in [1.54, 1.807) is 21.3 Å². The van der Waals surface area contributed by atoms with Gasteiger partial charge in [-0.3, -0.25) is 9.59 Å². The first-order valence-corrected chi connectivity index (χ1v) is 10.3. The average Bonchev–Trinajstić information content (AvgIpc) is 3.24. The van der Waals surface area contributed by atoms with Crippen molar-refractivity contribution in [2.24, 2.45) is 11.0 Å². The van der Waals surface area contributed by atoms with E-state index in [1.165, 1.54) is 9.91 Å². The van der Waals surface area contributed by atoms with Crippen molar-refractivity contribution in [1.82, 2.24) is 9.91 Å². The van der Waals surface area contributed by atoms with Gasteiger partial charge in [0.15, 0.2) is 0 Å². The molecule has 0 saturated heterocycles. The smallest absolute Gasteiger partial charge is 0.262 e. The van der Waals surface area contributed by atoms with Crippen LogP contribution in [0.25, 0.3) is 0 Å². The zero-order valence-electron chi connectivity index (χ0n) is 18.7. The Kier molecular flexibility index (Phi) is 6.95. The van der Waals surface area contributed by atoms with Crippen LogP contribution in [0.4, 0.5) is 0 Å². The number of rotatable bonds is 7. The zero-order chi connectivity index (χ0) is 22.5. The van der Waals surface area contributed by atoms with E-state index in [9.17, 15) is 9.59 Å². The van der Waals surface area contributed by atoms with E-state index in [0.29, 0.717) is 6.42 Å². The summed E-state index contributed by atoms with van der Waals surface area (Å²) in [5, 5.41) is 6.17. The standard InChI is InChI=1S/C24H29N3O4/c1-16(2)24(29)26(3)15-23(28)27-22(18-8-12-20(31-5)13-9-18)14-21(25-27)17-6-10-19(30-4)11-7-17/h6-13,16,22H,14-15H2,1-5H3/t22-/m1/s1. The van der Waals surface area contributed by atoms with Gasteiger partial charge in [0, 0.05) is 19.4 Å². The Morgan fingerprint density at radius 1 is 1.03 bits per heavy atom. The summed E-state index contributed by atoms with van der Waals surface area (Å²) in [7, 11) is 4.89. The monoisotopic (exact) mass is 423 g/mol. The molecular weight excluding hydrogens is 394 g/mol. The number of hydrogen-bond donors (Lipinski definition) is 0. The molecule has 0 aromatic heterocycles. The summed E-state index contributed by atoms with van der Waals surface area (Å²) in [6, 6.07) is 15.0. The van der Waals surface area contributed by atoms with Crippen LogP contribution in [0.1, 0.15) is 37.4 Å². The Hall–Kier alpha value is -3.35. The largest absolute Gasteiger partial charge is 0.497 e. The molecule has 0 saturated carbocycles. The summed E-state index contributed by atoms with van der Waals surface area (Å²) in [5.74, 6) is 1.04. The highest BCUT2D eigenvalue weighted by Crippen LogP contribution is 2.34. The summed E-state index contributed by atoms with van der Waals surface area (Å²) in [6.45, 7) is 3.61. The van der Waals surface area contributed by atoms with Crippen LogP contribution in [-0.2, 0) is 9.59 Å². The maximum atomic E-state index is 13.1. The molecule has 0 aliphatic carbocycles. The number of hydrazone groups is 1. The number of carbonyl (C=O) groups is 2. The summed E-state index contributed by atoms with van der Waals surface area (Å²) in [5.41, 5.74) is 2.70. The molecule has 0 N–H and O–H groups in total. The third kappa shape index (κ3) is 5.05. The quantitative estimate of drug-likeness (QED) is 0.683. The molecule has 3 rings (SSSR count). The van der Waals surface area contributed by atoms with Crippen LogP contribution < -0.4 is 9.47 Å². The number of ether oxygens (including phenoxy) is 2. The number of nitrogens with zero attached hydrogens (tertiary/aromatic N) is 3. The Bertz CT molecular complexity index is 952. The van der Waals surface area contributed by atoms with Gasteiger partial charge in [-0.25, -0.2) is 5.01 Å². The minimum atomic E-state index is -0.252. The van der Waals surface area contributed by atoms with Crippen LogP contribution in [0.3, 0.4) is 0 Å². The van der Waals surface area contributed by atoms with Crippen LogP contribution in [0, 0.1) is 5.92 Å². The van der Waals surface area contributed by atoms with E-state index < -0.39 is 0 Å². The van der Waals surface area contributed by atoms with Crippen molar-refractivity contribution in [2.45, 2.75) is 26.3 Å². The molecule has 1 aliphatic heterocycles. The van der Waals surface area contributed by atoms with Crippen molar-refractivity contribution >= 4 is 17.5 Å². The highest BCUT2D eigenvalue weighted by atomic mass is 16.5. The lowest BCUT2D eigenvalue weighted by Crippen LogP contribution is -2.40. The lowest BCUT2D eigenvalue weighted by atomic mass is 9.98. The first kappa shape index (κ1) is 22.3. The van der Waals surface area contributed by atoms with Crippen LogP contribution in [0.2, 0.25) is 0 Å². The molecule has 2 aromatic rings. The molecule has 2 aromatic carbocycles. The molecule has 1 heterocycles. The number of hydrogen-bond acceptors (Lipinski definition) is 5. The first-order valence-electron chi connectivity index (χ1n) is 10.3. The highest BCUT2D eigenvalue weighted by molar-refractivity contribution is 6.03. The predicted molar refractivity (Wildman–Crippen MR) is 119 cm³/mol. The second-order valence-corrected chi connectivity index (χ2v) is 7.86. The fourth-order valence-electron chi connectivity index (χ4n) is 3.58. The number of benzene rings is 2. The van der Waals surface area contributed by atoms with Crippen LogP contribution in [0.5, 0.6) is 11.5 Å². The van der Waals surface area contributed by atoms with Gasteiger partial charge in [0.2, 0.25) is 5.91 Å². The Balaban J connectivity index is 1.89. The Labute approximate surface area is 183 Å². The topological polar surface area (TPSA) is 71.4 Å². The molecule has 0 spiro atoms. The molecule has 0 unspecified atom stereocenters. The fraction of sp³-hybridized carbons (Fsp3) is 0.375. The van der Waals surface area contributed by atoms with Crippen molar-refractivity contribution in [2.75, 3.05) is 27.8 Å². The van der Waals surface area contributed by atoms with E-state index in [-0.39, 0.29) is 30.3 Å². The van der Waals surface area contributed by atoms with Crippen molar-refractivity contribution < 1.29 is 19.1 Å². The molecule has 7 nitrogen and oxygen atoms in total. The van der Waals surface area contributed by atoms with Crippen LogP contribution >= 0.6 is 0 Å². The van der Waals surface area contributed by atoms with Gasteiger partial charge >= 0.3 is 0 Å². The summed E-state index contributed by atoms with van der Waals surface area (Å²) >= 11 is 0. The maximum absolute atomic E-state index is 13.1. The molecule has 1 aliphatic rings. The second-order valence-electron chi connectivity index (χ2n) is 7.86. The van der Waals surface area contributed by atoms with Gasteiger partial charge in [-0.2, -0.15) is 5.10 Å². The van der Waals surface area contributed by atoms with E-state index in [4.69, 9.17) is 9.47 Å². The molecule has 0 radical (unpaired) electrons. The van der Waals surface area contributed by atoms with Crippen LogP contribution in [0.15, 0.2) is 53.6 Å². The van der Waals surface area contributed by atoms with Gasteiger partial charge in [-0.15, -0.1) is 0 Å². The van der Waals surface area contributed by atoms with Gasteiger partial charge in [-0.05, 0) is 47.5 Å². The molecule has 164 valence electrons. The first-order chi connectivity index (χ1) is 14.8.